The van der Waals surface area contributed by atoms with Crippen LogP contribution in [0.1, 0.15) is 12.8 Å². The summed E-state index contributed by atoms with van der Waals surface area (Å²) in [6.45, 7) is 0.975. The van der Waals surface area contributed by atoms with Crippen LogP contribution in [0.15, 0.2) is 24.0 Å². The van der Waals surface area contributed by atoms with Gasteiger partial charge in [-0.2, -0.15) is 0 Å². The minimum absolute atomic E-state index is 0.335. The molecular weight excluding hydrogens is 200 g/mol. The molecule has 0 unspecified atom stereocenters. The lowest BCUT2D eigenvalue weighted by atomic mass is 10.4. The fraction of sp³-hybridized carbons (Fsp3) is 0.600. The topological polar surface area (TPSA) is 68.2 Å². The Morgan fingerprint density at radius 1 is 0.933 bits per heavy atom. The van der Waals surface area contributed by atoms with E-state index in [-0.39, 0.29) is 11.9 Å². The third-order valence-electron chi connectivity index (χ3n) is 1.49. The van der Waals surface area contributed by atoms with Crippen molar-refractivity contribution in [2.24, 2.45) is 0 Å². The second-order valence-corrected chi connectivity index (χ2v) is 2.75. The number of aliphatic hydroxyl groups is 2. The van der Waals surface area contributed by atoms with E-state index < -0.39 is 0 Å². The third-order valence-corrected chi connectivity index (χ3v) is 1.49. The Balaban J connectivity index is 3.78. The van der Waals surface area contributed by atoms with E-state index >= 15 is 0 Å². The van der Waals surface area contributed by atoms with Gasteiger partial charge in [0.25, 0.3) is 11.9 Å². The van der Waals surface area contributed by atoms with Crippen LogP contribution in [0.5, 0.6) is 0 Å². The highest BCUT2D eigenvalue weighted by Gasteiger charge is 1.97. The lowest BCUT2D eigenvalue weighted by molar-refractivity contribution is 0.0645. The first-order valence-corrected chi connectivity index (χ1v) is 4.64. The molecule has 5 nitrogen and oxygen atoms in total. The van der Waals surface area contributed by atoms with Crippen LogP contribution in [0.4, 0.5) is 0 Å². The van der Waals surface area contributed by atoms with Crippen LogP contribution >= 0.6 is 0 Å². The molecule has 0 atom stereocenters. The molecule has 0 radical (unpaired) electrons. The summed E-state index contributed by atoms with van der Waals surface area (Å²) in [6.07, 6.45) is 3.88. The minimum Gasteiger partial charge on any atom is -0.481 e. The van der Waals surface area contributed by atoms with Gasteiger partial charge in [0, 0.05) is 27.4 Å². The monoisotopic (exact) mass is 218 g/mol. The summed E-state index contributed by atoms with van der Waals surface area (Å²) in [7, 11) is 3.13. The van der Waals surface area contributed by atoms with E-state index in [1.54, 1.807) is 14.2 Å². The maximum absolute atomic E-state index is 9.15. The zero-order valence-corrected chi connectivity index (χ0v) is 9.10. The maximum atomic E-state index is 9.15. The first-order chi connectivity index (χ1) is 7.20. The lowest BCUT2D eigenvalue weighted by Gasteiger charge is -2.02. The maximum Gasteiger partial charge on any atom is 0.280 e. The number of hydrogen-bond acceptors (Lipinski definition) is 5. The van der Waals surface area contributed by atoms with Crippen LogP contribution in [-0.4, -0.2) is 37.6 Å². The van der Waals surface area contributed by atoms with E-state index in [2.05, 4.69) is 4.74 Å². The SMILES string of the molecule is COCCC=C(O)OC(O)=CCCOC. The van der Waals surface area contributed by atoms with Crippen molar-refractivity contribution in [1.82, 2.24) is 0 Å². The van der Waals surface area contributed by atoms with Crippen LogP contribution < -0.4 is 0 Å². The van der Waals surface area contributed by atoms with E-state index in [4.69, 9.17) is 19.7 Å². The Labute approximate surface area is 89.6 Å². The Morgan fingerprint density at radius 3 is 1.67 bits per heavy atom. The molecule has 0 aliphatic carbocycles. The van der Waals surface area contributed by atoms with Crippen molar-refractivity contribution in [2.75, 3.05) is 27.4 Å². The van der Waals surface area contributed by atoms with Crippen molar-refractivity contribution in [3.63, 3.8) is 0 Å². The first kappa shape index (κ1) is 13.8. The van der Waals surface area contributed by atoms with Gasteiger partial charge < -0.3 is 24.4 Å². The molecule has 0 aromatic heterocycles. The summed E-state index contributed by atoms with van der Waals surface area (Å²) < 4.78 is 14.2. The highest BCUT2D eigenvalue weighted by atomic mass is 16.7. The molecule has 0 rings (SSSR count). The molecule has 5 heteroatoms. The van der Waals surface area contributed by atoms with Gasteiger partial charge in [-0.3, -0.25) is 0 Å². The van der Waals surface area contributed by atoms with E-state index in [9.17, 15) is 0 Å². The Kier molecular flexibility index (Phi) is 8.61. The smallest absolute Gasteiger partial charge is 0.280 e. The normalized spacial score (nSPS) is 12.9. The average Bonchev–Trinajstić information content (AvgIpc) is 2.18. The molecule has 0 aromatic rings. The number of methoxy groups -OCH3 is 2. The molecule has 0 aliphatic rings. The van der Waals surface area contributed by atoms with Gasteiger partial charge in [0.2, 0.25) is 0 Å². The summed E-state index contributed by atoms with van der Waals surface area (Å²) in [5, 5.41) is 18.3. The van der Waals surface area contributed by atoms with Gasteiger partial charge >= 0.3 is 0 Å². The third kappa shape index (κ3) is 9.11. The summed E-state index contributed by atoms with van der Waals surface area (Å²) in [5.41, 5.74) is 0. The van der Waals surface area contributed by atoms with Crippen molar-refractivity contribution in [2.45, 2.75) is 12.8 Å². The van der Waals surface area contributed by atoms with Crippen molar-refractivity contribution < 1.29 is 24.4 Å². The van der Waals surface area contributed by atoms with Crippen LogP contribution in [0, 0.1) is 0 Å². The fourth-order valence-corrected chi connectivity index (χ4v) is 0.791. The highest BCUT2D eigenvalue weighted by Crippen LogP contribution is 2.03. The summed E-state index contributed by atoms with van der Waals surface area (Å²) >= 11 is 0. The molecular formula is C10H18O5. The molecule has 0 bridgehead atoms. The zero-order valence-electron chi connectivity index (χ0n) is 9.10. The van der Waals surface area contributed by atoms with Gasteiger partial charge in [-0.05, 0) is 25.0 Å². The lowest BCUT2D eigenvalue weighted by Crippen LogP contribution is -1.94. The van der Waals surface area contributed by atoms with Crippen LogP contribution in [0.2, 0.25) is 0 Å². The van der Waals surface area contributed by atoms with Crippen LogP contribution in [0.25, 0.3) is 0 Å². The van der Waals surface area contributed by atoms with Gasteiger partial charge in [0.15, 0.2) is 0 Å². The van der Waals surface area contributed by atoms with Gasteiger partial charge in [0.05, 0.1) is 0 Å². The molecule has 0 fully saturated rings. The number of hydrogen-bond donors (Lipinski definition) is 2. The molecule has 15 heavy (non-hydrogen) atoms. The fourth-order valence-electron chi connectivity index (χ4n) is 0.791. The van der Waals surface area contributed by atoms with Crippen LogP contribution in [0.3, 0.4) is 0 Å². The molecule has 0 saturated carbocycles. The standard InChI is InChI=1S/C10H18O5/c1-13-7-3-5-9(11)15-10(12)6-4-8-14-2/h5-6,11-12H,3-4,7-8H2,1-2H3. The van der Waals surface area contributed by atoms with Gasteiger partial charge in [-0.25, -0.2) is 0 Å². The molecule has 0 spiro atoms. The largest absolute Gasteiger partial charge is 0.481 e. The molecule has 0 aliphatic heterocycles. The second-order valence-electron chi connectivity index (χ2n) is 2.75. The summed E-state index contributed by atoms with van der Waals surface area (Å²) in [4.78, 5) is 0. The quantitative estimate of drug-likeness (QED) is 0.481. The van der Waals surface area contributed by atoms with E-state index in [0.29, 0.717) is 26.1 Å². The molecule has 0 aromatic carbocycles. The highest BCUT2D eigenvalue weighted by molar-refractivity contribution is 4.89. The number of rotatable bonds is 8. The zero-order chi connectivity index (χ0) is 11.5. The van der Waals surface area contributed by atoms with Gasteiger partial charge in [-0.1, -0.05) is 0 Å². The number of ether oxygens (including phenoxy) is 3. The Hall–Kier alpha value is -1.20. The summed E-state index contributed by atoms with van der Waals surface area (Å²) in [6, 6.07) is 0. The average molecular weight is 218 g/mol. The summed E-state index contributed by atoms with van der Waals surface area (Å²) in [5.74, 6) is -0.670. The predicted octanol–water partition coefficient (Wildman–Crippen LogP) is 1.87. The number of aliphatic hydroxyl groups excluding tert-OH is 2. The van der Waals surface area contributed by atoms with Crippen molar-refractivity contribution in [3.05, 3.63) is 24.0 Å². The second kappa shape index (κ2) is 9.36. The van der Waals surface area contributed by atoms with Crippen LogP contribution in [-0.2, 0) is 14.2 Å². The van der Waals surface area contributed by atoms with Crippen molar-refractivity contribution in [3.8, 4) is 0 Å². The Bertz CT molecular complexity index is 188. The molecule has 0 amide bonds. The van der Waals surface area contributed by atoms with E-state index in [1.807, 2.05) is 0 Å². The van der Waals surface area contributed by atoms with Gasteiger partial charge in [0.1, 0.15) is 0 Å². The van der Waals surface area contributed by atoms with E-state index in [0.717, 1.165) is 0 Å². The molecule has 88 valence electrons. The molecule has 0 saturated heterocycles. The van der Waals surface area contributed by atoms with Gasteiger partial charge in [-0.15, -0.1) is 0 Å². The minimum atomic E-state index is -0.335. The molecule has 2 N–H and O–H groups in total. The first-order valence-electron chi connectivity index (χ1n) is 4.64. The van der Waals surface area contributed by atoms with Crippen molar-refractivity contribution in [1.29, 1.82) is 0 Å². The molecule has 0 heterocycles. The predicted molar refractivity (Wildman–Crippen MR) is 55.5 cm³/mol. The van der Waals surface area contributed by atoms with Crippen molar-refractivity contribution >= 4 is 0 Å². The van der Waals surface area contributed by atoms with E-state index in [1.165, 1.54) is 12.2 Å². The Morgan fingerprint density at radius 2 is 1.33 bits per heavy atom.